The van der Waals surface area contributed by atoms with E-state index in [0.717, 1.165) is 12.2 Å². The Morgan fingerprint density at radius 1 is 1.58 bits per heavy atom. The van der Waals surface area contributed by atoms with Gasteiger partial charge < -0.3 is 10.6 Å². The maximum Gasteiger partial charge on any atom is 0.321 e. The van der Waals surface area contributed by atoms with E-state index in [4.69, 9.17) is 0 Å². The number of aromatic nitrogens is 2. The predicted molar refractivity (Wildman–Crippen MR) is 72.7 cm³/mol. The normalized spacial score (nSPS) is 11.5. The Bertz CT molecular complexity index is 455. The number of urea groups is 1. The third-order valence-electron chi connectivity index (χ3n) is 2.38. The monoisotopic (exact) mass is 265 g/mol. The van der Waals surface area contributed by atoms with Crippen LogP contribution in [-0.2, 0) is 11.3 Å². The van der Waals surface area contributed by atoms with Gasteiger partial charge in [0.2, 0.25) is 5.91 Å². The Balaban J connectivity index is 2.43. The van der Waals surface area contributed by atoms with Crippen LogP contribution in [0.2, 0.25) is 0 Å². The molecular formula is C12H19N5O2. The van der Waals surface area contributed by atoms with Gasteiger partial charge in [-0.1, -0.05) is 6.08 Å². The first-order valence-electron chi connectivity index (χ1n) is 6.05. The molecule has 0 saturated carbocycles. The summed E-state index contributed by atoms with van der Waals surface area (Å²) in [5.41, 5.74) is 0.732. The van der Waals surface area contributed by atoms with Gasteiger partial charge in [0.25, 0.3) is 0 Å². The molecule has 0 radical (unpaired) electrons. The molecule has 0 saturated heterocycles. The summed E-state index contributed by atoms with van der Waals surface area (Å²) in [4.78, 5) is 23.0. The zero-order chi connectivity index (χ0) is 14.3. The highest BCUT2D eigenvalue weighted by molar-refractivity contribution is 5.97. The molecule has 0 bridgehead atoms. The molecule has 0 aliphatic rings. The molecule has 7 nitrogen and oxygen atoms in total. The molecule has 7 heteroatoms. The standard InChI is InChI=1S/C12H19N5O2/c1-4-6-13-12(19)16-11(18)9(3)15-10-7-14-17(5-2)8-10/h4,7-9,15H,1,5-6H2,2-3H3,(H2,13,16,18,19)/t9-/m0/s1. The third-order valence-corrected chi connectivity index (χ3v) is 2.38. The minimum absolute atomic E-state index is 0.310. The molecule has 19 heavy (non-hydrogen) atoms. The van der Waals surface area contributed by atoms with E-state index < -0.39 is 18.0 Å². The van der Waals surface area contributed by atoms with Gasteiger partial charge >= 0.3 is 6.03 Å². The fourth-order valence-electron chi connectivity index (χ4n) is 1.36. The van der Waals surface area contributed by atoms with Crippen LogP contribution in [0.3, 0.4) is 0 Å². The minimum Gasteiger partial charge on any atom is -0.371 e. The van der Waals surface area contributed by atoms with E-state index in [9.17, 15) is 9.59 Å². The van der Waals surface area contributed by atoms with Crippen molar-refractivity contribution in [2.45, 2.75) is 26.4 Å². The fourth-order valence-corrected chi connectivity index (χ4v) is 1.36. The van der Waals surface area contributed by atoms with E-state index in [1.165, 1.54) is 6.08 Å². The number of imide groups is 1. The first-order valence-corrected chi connectivity index (χ1v) is 6.05. The molecule has 0 spiro atoms. The number of carbonyl (C=O) groups is 2. The Morgan fingerprint density at radius 2 is 2.32 bits per heavy atom. The molecule has 0 aromatic carbocycles. The first kappa shape index (κ1) is 14.7. The fraction of sp³-hybridized carbons (Fsp3) is 0.417. The molecule has 3 amide bonds. The van der Waals surface area contributed by atoms with Crippen molar-refractivity contribution in [3.05, 3.63) is 25.0 Å². The quantitative estimate of drug-likeness (QED) is 0.661. The van der Waals surface area contributed by atoms with E-state index >= 15 is 0 Å². The van der Waals surface area contributed by atoms with Gasteiger partial charge in [-0.25, -0.2) is 4.79 Å². The maximum atomic E-state index is 11.7. The van der Waals surface area contributed by atoms with Gasteiger partial charge in [-0.3, -0.25) is 14.8 Å². The summed E-state index contributed by atoms with van der Waals surface area (Å²) < 4.78 is 1.74. The van der Waals surface area contributed by atoms with Crippen molar-refractivity contribution in [1.82, 2.24) is 20.4 Å². The van der Waals surface area contributed by atoms with Crippen molar-refractivity contribution in [2.75, 3.05) is 11.9 Å². The van der Waals surface area contributed by atoms with Crippen LogP contribution in [0.1, 0.15) is 13.8 Å². The average Bonchev–Trinajstić information content (AvgIpc) is 2.83. The van der Waals surface area contributed by atoms with Gasteiger partial charge in [0.15, 0.2) is 0 Å². The number of hydrogen-bond donors (Lipinski definition) is 3. The zero-order valence-electron chi connectivity index (χ0n) is 11.1. The van der Waals surface area contributed by atoms with Crippen LogP contribution in [0.25, 0.3) is 0 Å². The second kappa shape index (κ2) is 7.20. The summed E-state index contributed by atoms with van der Waals surface area (Å²) in [5, 5.41) is 11.7. The number of rotatable bonds is 6. The van der Waals surface area contributed by atoms with E-state index in [2.05, 4.69) is 27.6 Å². The second-order valence-electron chi connectivity index (χ2n) is 3.94. The van der Waals surface area contributed by atoms with Gasteiger partial charge in [-0.2, -0.15) is 5.10 Å². The van der Waals surface area contributed by atoms with Crippen LogP contribution in [0.4, 0.5) is 10.5 Å². The van der Waals surface area contributed by atoms with Crippen molar-refractivity contribution in [1.29, 1.82) is 0 Å². The van der Waals surface area contributed by atoms with Crippen LogP contribution < -0.4 is 16.0 Å². The summed E-state index contributed by atoms with van der Waals surface area (Å²) in [6.45, 7) is 8.17. The zero-order valence-corrected chi connectivity index (χ0v) is 11.1. The van der Waals surface area contributed by atoms with E-state index in [1.807, 2.05) is 6.92 Å². The Hall–Kier alpha value is -2.31. The lowest BCUT2D eigenvalue weighted by Gasteiger charge is -2.13. The number of anilines is 1. The van der Waals surface area contributed by atoms with Crippen molar-refractivity contribution in [2.24, 2.45) is 0 Å². The minimum atomic E-state index is -0.539. The summed E-state index contributed by atoms with van der Waals surface area (Å²) >= 11 is 0. The van der Waals surface area contributed by atoms with Gasteiger partial charge in [0, 0.05) is 19.3 Å². The number of nitrogens with zero attached hydrogens (tertiary/aromatic N) is 2. The van der Waals surface area contributed by atoms with Crippen LogP contribution >= 0.6 is 0 Å². The molecule has 104 valence electrons. The topological polar surface area (TPSA) is 88.1 Å². The summed E-state index contributed by atoms with van der Waals surface area (Å²) in [5.74, 6) is -0.411. The molecule has 1 aromatic heterocycles. The molecule has 0 fully saturated rings. The van der Waals surface area contributed by atoms with Crippen LogP contribution in [-0.4, -0.2) is 34.3 Å². The number of amides is 3. The van der Waals surface area contributed by atoms with Gasteiger partial charge in [0.1, 0.15) is 6.04 Å². The van der Waals surface area contributed by atoms with Gasteiger partial charge in [0.05, 0.1) is 11.9 Å². The lowest BCUT2D eigenvalue weighted by molar-refractivity contribution is -0.120. The number of aryl methyl sites for hydroxylation is 1. The highest BCUT2D eigenvalue weighted by Gasteiger charge is 2.15. The number of carbonyl (C=O) groups excluding carboxylic acids is 2. The Morgan fingerprint density at radius 3 is 2.89 bits per heavy atom. The number of nitrogens with one attached hydrogen (secondary N) is 3. The lowest BCUT2D eigenvalue weighted by Crippen LogP contribution is -2.45. The van der Waals surface area contributed by atoms with E-state index in [0.29, 0.717) is 6.54 Å². The summed E-state index contributed by atoms with van der Waals surface area (Å²) in [6, 6.07) is -1.08. The lowest BCUT2D eigenvalue weighted by atomic mass is 10.3. The molecular weight excluding hydrogens is 246 g/mol. The molecule has 0 aliphatic heterocycles. The number of hydrogen-bond acceptors (Lipinski definition) is 4. The van der Waals surface area contributed by atoms with Crippen molar-refractivity contribution < 1.29 is 9.59 Å². The van der Waals surface area contributed by atoms with Crippen molar-refractivity contribution in [3.8, 4) is 0 Å². The van der Waals surface area contributed by atoms with Crippen molar-refractivity contribution >= 4 is 17.6 Å². The largest absolute Gasteiger partial charge is 0.371 e. The molecule has 1 atom stereocenters. The maximum absolute atomic E-state index is 11.7. The molecule has 1 heterocycles. The Kier molecular flexibility index (Phi) is 5.59. The molecule has 1 rings (SSSR count). The van der Waals surface area contributed by atoms with E-state index in [1.54, 1.807) is 24.0 Å². The first-order chi connectivity index (χ1) is 9.06. The Labute approximate surface area is 112 Å². The highest BCUT2D eigenvalue weighted by atomic mass is 16.2. The second-order valence-corrected chi connectivity index (χ2v) is 3.94. The summed E-state index contributed by atoms with van der Waals surface area (Å²) in [7, 11) is 0. The van der Waals surface area contributed by atoms with Crippen LogP contribution in [0, 0.1) is 0 Å². The smallest absolute Gasteiger partial charge is 0.321 e. The molecule has 0 unspecified atom stereocenters. The predicted octanol–water partition coefficient (Wildman–Crippen LogP) is 0.715. The summed E-state index contributed by atoms with van der Waals surface area (Å²) in [6.07, 6.45) is 4.96. The molecule has 3 N–H and O–H groups in total. The van der Waals surface area contributed by atoms with E-state index in [-0.39, 0.29) is 0 Å². The molecule has 0 aliphatic carbocycles. The van der Waals surface area contributed by atoms with Crippen LogP contribution in [0.5, 0.6) is 0 Å². The van der Waals surface area contributed by atoms with Gasteiger partial charge in [-0.15, -0.1) is 6.58 Å². The van der Waals surface area contributed by atoms with Gasteiger partial charge in [-0.05, 0) is 13.8 Å². The SMILES string of the molecule is C=CCNC(=O)NC(=O)[C@H](C)Nc1cnn(CC)c1. The van der Waals surface area contributed by atoms with Crippen molar-refractivity contribution in [3.63, 3.8) is 0 Å². The highest BCUT2D eigenvalue weighted by Crippen LogP contribution is 2.06. The molecule has 1 aromatic rings. The third kappa shape index (κ3) is 4.82. The average molecular weight is 265 g/mol. The van der Waals surface area contributed by atoms with Crippen LogP contribution in [0.15, 0.2) is 25.0 Å².